The third-order valence-electron chi connectivity index (χ3n) is 7.26. The van der Waals surface area contributed by atoms with Gasteiger partial charge < -0.3 is 19.6 Å². The molecule has 0 spiro atoms. The quantitative estimate of drug-likeness (QED) is 0.173. The van der Waals surface area contributed by atoms with E-state index in [1.807, 2.05) is 43.3 Å². The highest BCUT2D eigenvalue weighted by Crippen LogP contribution is 2.40. The Morgan fingerprint density at radius 3 is 2.38 bits per heavy atom. The van der Waals surface area contributed by atoms with E-state index in [0.29, 0.717) is 21.8 Å². The van der Waals surface area contributed by atoms with Crippen molar-refractivity contribution in [3.8, 4) is 11.1 Å². The van der Waals surface area contributed by atoms with Crippen LogP contribution in [0.5, 0.6) is 0 Å². The summed E-state index contributed by atoms with van der Waals surface area (Å²) in [5.74, 6) is -0.205. The van der Waals surface area contributed by atoms with Crippen molar-refractivity contribution in [1.29, 1.82) is 0 Å². The summed E-state index contributed by atoms with van der Waals surface area (Å²) < 4.78 is 4.71. The number of carbonyl (C=O) groups is 1. The van der Waals surface area contributed by atoms with Gasteiger partial charge in [0, 0.05) is 48.3 Å². The fourth-order valence-electron chi connectivity index (χ4n) is 5.00. The molecule has 1 aliphatic rings. The number of halogens is 1. The highest BCUT2D eigenvalue weighted by atomic mass is 35.5. The maximum absolute atomic E-state index is 11.8. The van der Waals surface area contributed by atoms with E-state index in [0.717, 1.165) is 48.2 Å². The number of aliphatic hydroxyl groups excluding tert-OH is 1. The van der Waals surface area contributed by atoms with Crippen molar-refractivity contribution in [1.82, 2.24) is 4.98 Å². The SMILES string of the molecule is C=C(C1CCCCC1)N(c1cncc(/C=C/C(=O)OC)c1)C(O)c1ccc(-c2ccc(N(C)C)cc2)cc1Cl. The number of ether oxygens (including phenoxy) is 1. The molecule has 1 heterocycles. The number of rotatable bonds is 9. The van der Waals surface area contributed by atoms with Gasteiger partial charge in [-0.15, -0.1) is 0 Å². The molecule has 204 valence electrons. The van der Waals surface area contributed by atoms with Crippen LogP contribution < -0.4 is 9.80 Å². The third-order valence-corrected chi connectivity index (χ3v) is 7.59. The van der Waals surface area contributed by atoms with Crippen LogP contribution in [-0.4, -0.2) is 37.3 Å². The first kappa shape index (κ1) is 28.4. The maximum atomic E-state index is 11.8. The Kier molecular flexibility index (Phi) is 9.44. The van der Waals surface area contributed by atoms with E-state index in [1.165, 1.54) is 19.6 Å². The maximum Gasteiger partial charge on any atom is 0.330 e. The van der Waals surface area contributed by atoms with Gasteiger partial charge in [0.1, 0.15) is 0 Å². The van der Waals surface area contributed by atoms with Gasteiger partial charge >= 0.3 is 5.97 Å². The zero-order valence-corrected chi connectivity index (χ0v) is 23.6. The van der Waals surface area contributed by atoms with Gasteiger partial charge in [-0.05, 0) is 65.8 Å². The lowest BCUT2D eigenvalue weighted by Gasteiger charge is -2.37. The van der Waals surface area contributed by atoms with Crippen molar-refractivity contribution in [3.63, 3.8) is 0 Å². The minimum Gasteiger partial charge on any atom is -0.466 e. The molecule has 1 saturated carbocycles. The second-order valence-electron chi connectivity index (χ2n) is 10.1. The number of nitrogens with zero attached hydrogens (tertiary/aromatic N) is 3. The number of hydrogen-bond acceptors (Lipinski definition) is 6. The monoisotopic (exact) mass is 545 g/mol. The van der Waals surface area contributed by atoms with E-state index < -0.39 is 12.2 Å². The third kappa shape index (κ3) is 6.88. The number of hydrogen-bond donors (Lipinski definition) is 1. The smallest absolute Gasteiger partial charge is 0.330 e. The van der Waals surface area contributed by atoms with Crippen LogP contribution in [0.2, 0.25) is 5.02 Å². The van der Waals surface area contributed by atoms with Gasteiger partial charge in [0.05, 0.1) is 19.0 Å². The molecule has 1 unspecified atom stereocenters. The number of aromatic nitrogens is 1. The second kappa shape index (κ2) is 13.0. The molecular formula is C32H36ClN3O3. The molecule has 0 aliphatic heterocycles. The van der Waals surface area contributed by atoms with E-state index in [-0.39, 0.29) is 5.92 Å². The number of benzene rings is 2. The topological polar surface area (TPSA) is 65.9 Å². The van der Waals surface area contributed by atoms with Crippen molar-refractivity contribution in [3.05, 3.63) is 95.4 Å². The van der Waals surface area contributed by atoms with E-state index in [2.05, 4.69) is 40.7 Å². The van der Waals surface area contributed by atoms with Crippen LogP contribution in [0.1, 0.15) is 49.5 Å². The molecule has 0 bridgehead atoms. The van der Waals surface area contributed by atoms with Crippen molar-refractivity contribution in [2.45, 2.75) is 38.3 Å². The van der Waals surface area contributed by atoms with Gasteiger partial charge in [0.15, 0.2) is 6.23 Å². The summed E-state index contributed by atoms with van der Waals surface area (Å²) in [7, 11) is 5.35. The number of esters is 1. The van der Waals surface area contributed by atoms with Crippen LogP contribution in [0.4, 0.5) is 11.4 Å². The van der Waals surface area contributed by atoms with Crippen LogP contribution >= 0.6 is 11.6 Å². The average molecular weight is 546 g/mol. The molecule has 1 aromatic heterocycles. The van der Waals surface area contributed by atoms with E-state index >= 15 is 0 Å². The predicted octanol–water partition coefficient (Wildman–Crippen LogP) is 7.25. The number of carbonyl (C=O) groups excluding carboxylic acids is 1. The minimum absolute atomic E-state index is 0.246. The first-order valence-electron chi connectivity index (χ1n) is 13.2. The zero-order valence-electron chi connectivity index (χ0n) is 22.8. The summed E-state index contributed by atoms with van der Waals surface area (Å²) in [4.78, 5) is 19.9. The molecule has 7 heteroatoms. The Bertz CT molecular complexity index is 1330. The molecule has 39 heavy (non-hydrogen) atoms. The molecule has 1 atom stereocenters. The molecule has 3 aromatic rings. The summed E-state index contributed by atoms with van der Waals surface area (Å²) in [6, 6.07) is 15.9. The summed E-state index contributed by atoms with van der Waals surface area (Å²) in [5, 5.41) is 12.2. The zero-order chi connectivity index (χ0) is 27.9. The molecule has 1 N–H and O–H groups in total. The molecule has 0 amide bonds. The van der Waals surface area contributed by atoms with Crippen molar-refractivity contribution in [2.75, 3.05) is 31.0 Å². The Labute approximate surface area is 236 Å². The normalized spacial score (nSPS) is 14.7. The lowest BCUT2D eigenvalue weighted by molar-refractivity contribution is -0.134. The number of pyridine rings is 1. The molecule has 1 fully saturated rings. The molecular weight excluding hydrogens is 510 g/mol. The summed E-state index contributed by atoms with van der Waals surface area (Å²) in [6.45, 7) is 4.43. The Hall–Kier alpha value is -3.61. The van der Waals surface area contributed by atoms with E-state index in [1.54, 1.807) is 18.5 Å². The minimum atomic E-state index is -1.07. The lowest BCUT2D eigenvalue weighted by Crippen LogP contribution is -2.32. The van der Waals surface area contributed by atoms with Crippen LogP contribution in [0.25, 0.3) is 17.2 Å². The standard InChI is InChI=1S/C32H36ClN3O3/c1-22(24-8-6-5-7-9-24)36(28-18-23(20-34-21-28)10-17-31(37)39-4)32(38)29-16-13-26(19-30(29)33)25-11-14-27(15-12-25)35(2)3/h10-21,24,32,38H,1,5-9H2,2-4H3/b17-10+. The van der Waals surface area contributed by atoms with Gasteiger partial charge in [-0.2, -0.15) is 0 Å². The largest absolute Gasteiger partial charge is 0.466 e. The average Bonchev–Trinajstić information content (AvgIpc) is 2.96. The lowest BCUT2D eigenvalue weighted by atomic mass is 9.86. The van der Waals surface area contributed by atoms with Crippen molar-refractivity contribution < 1.29 is 14.6 Å². The van der Waals surface area contributed by atoms with Crippen LogP contribution in [0, 0.1) is 5.92 Å². The van der Waals surface area contributed by atoms with Crippen molar-refractivity contribution in [2.24, 2.45) is 5.92 Å². The first-order chi connectivity index (χ1) is 18.8. The molecule has 1 aliphatic carbocycles. The molecule has 0 radical (unpaired) electrons. The molecule has 0 saturated heterocycles. The summed E-state index contributed by atoms with van der Waals surface area (Å²) in [5.41, 5.74) is 5.91. The molecule has 6 nitrogen and oxygen atoms in total. The van der Waals surface area contributed by atoms with Crippen LogP contribution in [0.3, 0.4) is 0 Å². The Balaban J connectivity index is 1.68. The second-order valence-corrected chi connectivity index (χ2v) is 10.5. The highest BCUT2D eigenvalue weighted by molar-refractivity contribution is 6.31. The van der Waals surface area contributed by atoms with Gasteiger partial charge in [-0.3, -0.25) is 4.98 Å². The number of aliphatic hydroxyl groups is 1. The van der Waals surface area contributed by atoms with Crippen LogP contribution in [0.15, 0.2) is 79.3 Å². The number of allylic oxidation sites excluding steroid dienone is 1. The number of methoxy groups -OCH3 is 1. The van der Waals surface area contributed by atoms with E-state index in [9.17, 15) is 9.90 Å². The van der Waals surface area contributed by atoms with Crippen LogP contribution in [-0.2, 0) is 9.53 Å². The van der Waals surface area contributed by atoms with Gasteiger partial charge in [-0.25, -0.2) is 4.79 Å². The Morgan fingerprint density at radius 2 is 1.74 bits per heavy atom. The fourth-order valence-corrected chi connectivity index (χ4v) is 5.28. The number of anilines is 2. The molecule has 2 aromatic carbocycles. The van der Waals surface area contributed by atoms with Gasteiger partial charge in [0.2, 0.25) is 0 Å². The highest BCUT2D eigenvalue weighted by Gasteiger charge is 2.29. The summed E-state index contributed by atoms with van der Waals surface area (Å²) in [6.07, 6.45) is 10.8. The predicted molar refractivity (Wildman–Crippen MR) is 160 cm³/mol. The van der Waals surface area contributed by atoms with E-state index in [4.69, 9.17) is 16.3 Å². The first-order valence-corrected chi connectivity index (χ1v) is 13.6. The van der Waals surface area contributed by atoms with Gasteiger partial charge in [0.25, 0.3) is 0 Å². The Morgan fingerprint density at radius 1 is 1.05 bits per heavy atom. The fraction of sp³-hybridized carbons (Fsp3) is 0.312. The summed E-state index contributed by atoms with van der Waals surface area (Å²) >= 11 is 6.81. The van der Waals surface area contributed by atoms with Crippen molar-refractivity contribution >= 4 is 35.0 Å². The van der Waals surface area contributed by atoms with Gasteiger partial charge in [-0.1, -0.05) is 61.7 Å². The molecule has 4 rings (SSSR count).